The van der Waals surface area contributed by atoms with Crippen LogP contribution in [0.5, 0.6) is 5.75 Å². The van der Waals surface area contributed by atoms with Crippen LogP contribution in [-0.2, 0) is 16.0 Å². The number of pyridine rings is 1. The molecule has 8 nitrogen and oxygen atoms in total. The maximum Gasteiger partial charge on any atom is 0.307 e. The highest BCUT2D eigenvalue weighted by molar-refractivity contribution is 6.31. The number of fused-ring (bicyclic) bond motifs is 1. The molecule has 39 heavy (non-hydrogen) atoms. The zero-order valence-electron chi connectivity index (χ0n) is 21.3. The van der Waals surface area contributed by atoms with E-state index in [4.69, 9.17) is 21.4 Å². The van der Waals surface area contributed by atoms with Gasteiger partial charge in [-0.1, -0.05) is 35.9 Å². The Bertz CT molecular complexity index is 1440. The molecule has 0 bridgehead atoms. The number of aromatic nitrogens is 1. The largest absolute Gasteiger partial charge is 0.489 e. The summed E-state index contributed by atoms with van der Waals surface area (Å²) >= 11 is 6.10. The van der Waals surface area contributed by atoms with E-state index >= 15 is 4.39 Å². The van der Waals surface area contributed by atoms with E-state index in [1.165, 1.54) is 18.3 Å². The summed E-state index contributed by atoms with van der Waals surface area (Å²) in [6.45, 7) is 2.42. The zero-order valence-corrected chi connectivity index (χ0v) is 22.0. The number of rotatable bonds is 7. The topological polar surface area (TPSA) is 100 Å². The molecule has 3 aromatic rings. The van der Waals surface area contributed by atoms with E-state index in [-0.39, 0.29) is 30.4 Å². The Hall–Kier alpha value is -3.98. The van der Waals surface area contributed by atoms with Gasteiger partial charge in [-0.25, -0.2) is 4.39 Å². The Kier molecular flexibility index (Phi) is 7.52. The van der Waals surface area contributed by atoms with Gasteiger partial charge in [0.1, 0.15) is 17.7 Å². The molecule has 3 heterocycles. The Morgan fingerprint density at radius 2 is 1.92 bits per heavy atom. The highest BCUT2D eigenvalue weighted by Gasteiger charge is 2.37. The second-order valence-electron chi connectivity index (χ2n) is 9.80. The predicted molar refractivity (Wildman–Crippen MR) is 144 cm³/mol. The van der Waals surface area contributed by atoms with Gasteiger partial charge in [0.25, 0.3) is 5.91 Å². The number of halogens is 2. The van der Waals surface area contributed by atoms with Crippen molar-refractivity contribution >= 4 is 35.1 Å². The molecule has 5 rings (SSSR count). The number of anilines is 1. The molecule has 0 aliphatic carbocycles. The first-order valence-corrected chi connectivity index (χ1v) is 13.1. The van der Waals surface area contributed by atoms with Crippen LogP contribution in [0.15, 0.2) is 54.7 Å². The maximum atomic E-state index is 15.2. The van der Waals surface area contributed by atoms with Crippen LogP contribution in [-0.4, -0.2) is 58.0 Å². The highest BCUT2D eigenvalue weighted by atomic mass is 35.5. The number of benzene rings is 2. The van der Waals surface area contributed by atoms with Crippen molar-refractivity contribution in [1.82, 2.24) is 9.88 Å². The summed E-state index contributed by atoms with van der Waals surface area (Å²) in [7, 11) is 0. The molecule has 1 aromatic heterocycles. The molecule has 2 aromatic carbocycles. The van der Waals surface area contributed by atoms with Gasteiger partial charge in [-0.05, 0) is 49.6 Å². The SMILES string of the molecule is C[C@H](CC(=O)O)Oc1ccccc1-c1ccc(C(=O)N2CCC(N3C(=O)Cc4ncc(Cl)cc43)CC2)c(F)c1. The fourth-order valence-corrected chi connectivity index (χ4v) is 5.38. The molecule has 1 N–H and O–H groups in total. The number of aliphatic carboxylic acids is 1. The first-order valence-electron chi connectivity index (χ1n) is 12.7. The van der Waals surface area contributed by atoms with Crippen molar-refractivity contribution in [2.75, 3.05) is 18.0 Å². The summed E-state index contributed by atoms with van der Waals surface area (Å²) in [4.78, 5) is 44.5. The Morgan fingerprint density at radius 1 is 1.18 bits per heavy atom. The minimum atomic E-state index is -0.976. The Balaban J connectivity index is 1.27. The van der Waals surface area contributed by atoms with Gasteiger partial charge in [0, 0.05) is 30.9 Å². The number of carboxylic acids is 1. The zero-order chi connectivity index (χ0) is 27.7. The van der Waals surface area contributed by atoms with Crippen molar-refractivity contribution in [3.8, 4) is 16.9 Å². The number of likely N-dealkylation sites (tertiary alicyclic amines) is 1. The maximum absolute atomic E-state index is 15.2. The Labute approximate surface area is 230 Å². The van der Waals surface area contributed by atoms with Gasteiger partial charge in [-0.2, -0.15) is 0 Å². The minimum Gasteiger partial charge on any atom is -0.489 e. The van der Waals surface area contributed by atoms with Crippen molar-refractivity contribution in [1.29, 1.82) is 0 Å². The van der Waals surface area contributed by atoms with Crippen molar-refractivity contribution in [3.05, 3.63) is 76.8 Å². The second kappa shape index (κ2) is 11.0. The van der Waals surface area contributed by atoms with Gasteiger partial charge in [0.05, 0.1) is 34.8 Å². The quantitative estimate of drug-likeness (QED) is 0.445. The first kappa shape index (κ1) is 26.6. The van der Waals surface area contributed by atoms with Gasteiger partial charge >= 0.3 is 5.97 Å². The number of hydrogen-bond donors (Lipinski definition) is 1. The second-order valence-corrected chi connectivity index (χ2v) is 10.2. The predicted octanol–water partition coefficient (Wildman–Crippen LogP) is 4.98. The third kappa shape index (κ3) is 5.59. The number of hydrogen-bond acceptors (Lipinski definition) is 5. The van der Waals surface area contributed by atoms with E-state index in [1.54, 1.807) is 53.1 Å². The lowest BCUT2D eigenvalue weighted by atomic mass is 10.00. The molecule has 0 unspecified atom stereocenters. The van der Waals surface area contributed by atoms with Crippen LogP contribution in [0.2, 0.25) is 5.02 Å². The van der Waals surface area contributed by atoms with Crippen LogP contribution >= 0.6 is 11.6 Å². The summed E-state index contributed by atoms with van der Waals surface area (Å²) < 4.78 is 21.0. The number of ether oxygens (including phenoxy) is 1. The van der Waals surface area contributed by atoms with Gasteiger partial charge in [-0.3, -0.25) is 19.4 Å². The van der Waals surface area contributed by atoms with E-state index in [9.17, 15) is 14.4 Å². The number of carbonyl (C=O) groups is 3. The fourth-order valence-electron chi connectivity index (χ4n) is 5.23. The van der Waals surface area contributed by atoms with Crippen LogP contribution in [0.3, 0.4) is 0 Å². The molecular formula is C29H27ClFN3O5. The first-order chi connectivity index (χ1) is 18.7. The molecule has 0 saturated carbocycles. The summed E-state index contributed by atoms with van der Waals surface area (Å²) in [5.41, 5.74) is 2.50. The molecule has 0 spiro atoms. The van der Waals surface area contributed by atoms with Crippen molar-refractivity contribution in [2.24, 2.45) is 0 Å². The number of amides is 2. The third-order valence-electron chi connectivity index (χ3n) is 7.07. The van der Waals surface area contributed by atoms with E-state index < -0.39 is 23.8 Å². The summed E-state index contributed by atoms with van der Waals surface area (Å²) in [6.07, 6.45) is 2.13. The highest BCUT2D eigenvalue weighted by Crippen LogP contribution is 2.35. The molecule has 202 valence electrons. The minimum absolute atomic E-state index is 0.0339. The van der Waals surface area contributed by atoms with Crippen molar-refractivity contribution < 1.29 is 28.6 Å². The third-order valence-corrected chi connectivity index (χ3v) is 7.27. The lowest BCUT2D eigenvalue weighted by Gasteiger charge is -2.37. The molecule has 1 atom stereocenters. The van der Waals surface area contributed by atoms with Crippen LogP contribution in [0.25, 0.3) is 11.1 Å². The lowest BCUT2D eigenvalue weighted by molar-refractivity contribution is -0.138. The number of carbonyl (C=O) groups excluding carboxylic acids is 2. The standard InChI is InChI=1S/C29H27ClFN3O5/c1-17(12-28(36)37)39-26-5-3-2-4-21(26)18-6-7-22(23(31)13-18)29(38)33-10-8-20(9-11-33)34-25-14-19(30)16-32-24(25)15-27(34)35/h2-7,13-14,16-17,20H,8-12,15H2,1H3,(H,36,37)/t17-/m1/s1. The number of nitrogens with zero attached hydrogens (tertiary/aromatic N) is 3. The summed E-state index contributed by atoms with van der Waals surface area (Å²) in [5, 5.41) is 9.48. The van der Waals surface area contributed by atoms with Crippen molar-refractivity contribution in [2.45, 2.75) is 44.8 Å². The molecule has 1 fully saturated rings. The van der Waals surface area contributed by atoms with Crippen LogP contribution in [0, 0.1) is 5.82 Å². The Morgan fingerprint density at radius 3 is 2.64 bits per heavy atom. The van der Waals surface area contributed by atoms with Crippen molar-refractivity contribution in [3.63, 3.8) is 0 Å². The van der Waals surface area contributed by atoms with E-state index in [2.05, 4.69) is 4.98 Å². The van der Waals surface area contributed by atoms with E-state index in [0.717, 1.165) is 5.69 Å². The van der Waals surface area contributed by atoms with Crippen LogP contribution in [0.4, 0.5) is 10.1 Å². The van der Waals surface area contributed by atoms with E-state index in [1.807, 2.05) is 0 Å². The average Bonchev–Trinajstić information content (AvgIpc) is 3.23. The lowest BCUT2D eigenvalue weighted by Crippen LogP contribution is -2.48. The van der Waals surface area contributed by atoms with Crippen LogP contribution in [0.1, 0.15) is 42.2 Å². The van der Waals surface area contributed by atoms with Gasteiger partial charge in [0.2, 0.25) is 5.91 Å². The monoisotopic (exact) mass is 551 g/mol. The molecule has 2 amide bonds. The molecule has 0 radical (unpaired) electrons. The van der Waals surface area contributed by atoms with Gasteiger partial charge in [0.15, 0.2) is 0 Å². The molecule has 1 saturated heterocycles. The summed E-state index contributed by atoms with van der Waals surface area (Å²) in [5.74, 6) is -1.64. The average molecular weight is 552 g/mol. The summed E-state index contributed by atoms with van der Waals surface area (Å²) in [6, 6.07) is 13.1. The molecular weight excluding hydrogens is 525 g/mol. The number of carboxylic acid groups (broad SMARTS) is 1. The van der Waals surface area contributed by atoms with Gasteiger partial charge < -0.3 is 19.6 Å². The molecule has 2 aliphatic rings. The van der Waals surface area contributed by atoms with Gasteiger partial charge in [-0.15, -0.1) is 0 Å². The molecule has 10 heteroatoms. The normalized spacial score (nSPS) is 16.2. The number of para-hydroxylation sites is 1. The van der Waals surface area contributed by atoms with Crippen LogP contribution < -0.4 is 9.64 Å². The fraction of sp³-hybridized carbons (Fsp3) is 0.310. The number of piperidine rings is 1. The van der Waals surface area contributed by atoms with E-state index in [0.29, 0.717) is 53.5 Å². The smallest absolute Gasteiger partial charge is 0.307 e. The molecule has 2 aliphatic heterocycles.